The number of aromatic nitrogens is 2. The number of ether oxygens (including phenoxy) is 1. The van der Waals surface area contributed by atoms with Crippen LogP contribution in [0.5, 0.6) is 0 Å². The molecule has 150 valence electrons. The fourth-order valence-corrected chi connectivity index (χ4v) is 2.86. The van der Waals surface area contributed by atoms with Crippen LogP contribution in [0.1, 0.15) is 42.4 Å². The first-order valence-electron chi connectivity index (χ1n) is 9.43. The minimum atomic E-state index is -0.389. The molecule has 0 saturated heterocycles. The summed E-state index contributed by atoms with van der Waals surface area (Å²) in [5, 5.41) is 6.47. The van der Waals surface area contributed by atoms with Crippen LogP contribution in [0.3, 0.4) is 0 Å². The lowest BCUT2D eigenvalue weighted by Crippen LogP contribution is -2.10. The molecule has 1 heterocycles. The van der Waals surface area contributed by atoms with E-state index in [0.29, 0.717) is 23.0 Å². The van der Waals surface area contributed by atoms with Gasteiger partial charge in [-0.1, -0.05) is 39.0 Å². The number of hydrogen-bond donors (Lipinski definition) is 2. The summed E-state index contributed by atoms with van der Waals surface area (Å²) in [6, 6.07) is 17.2. The number of aryl methyl sites for hydroxylation is 1. The van der Waals surface area contributed by atoms with Crippen LogP contribution in [0.25, 0.3) is 0 Å². The Morgan fingerprint density at radius 2 is 1.66 bits per heavy atom. The molecule has 6 nitrogen and oxygen atoms in total. The van der Waals surface area contributed by atoms with Crippen LogP contribution in [0.2, 0.25) is 0 Å². The van der Waals surface area contributed by atoms with Crippen LogP contribution in [-0.2, 0) is 10.2 Å². The van der Waals surface area contributed by atoms with Gasteiger partial charge in [0.05, 0.1) is 12.7 Å². The molecule has 0 bridgehead atoms. The Morgan fingerprint density at radius 3 is 2.31 bits per heavy atom. The van der Waals surface area contributed by atoms with E-state index in [1.807, 2.05) is 31.2 Å². The second-order valence-electron chi connectivity index (χ2n) is 7.87. The third kappa shape index (κ3) is 5.31. The topological polar surface area (TPSA) is 76.1 Å². The molecule has 3 rings (SSSR count). The van der Waals surface area contributed by atoms with E-state index >= 15 is 0 Å². The molecule has 0 atom stereocenters. The van der Waals surface area contributed by atoms with Crippen LogP contribution >= 0.6 is 0 Å². The van der Waals surface area contributed by atoms with Crippen LogP contribution in [0, 0.1) is 6.92 Å². The van der Waals surface area contributed by atoms with Crippen molar-refractivity contribution in [3.63, 3.8) is 0 Å². The zero-order chi connectivity index (χ0) is 21.0. The third-order valence-corrected chi connectivity index (χ3v) is 4.42. The number of hydrogen-bond acceptors (Lipinski definition) is 6. The smallest absolute Gasteiger partial charge is 0.337 e. The molecule has 6 heteroatoms. The summed E-state index contributed by atoms with van der Waals surface area (Å²) in [5.41, 5.74) is 4.33. The van der Waals surface area contributed by atoms with Crippen molar-refractivity contribution in [2.24, 2.45) is 0 Å². The maximum Gasteiger partial charge on any atom is 0.337 e. The number of methoxy groups -OCH3 is 1. The van der Waals surface area contributed by atoms with Crippen LogP contribution < -0.4 is 10.6 Å². The fraction of sp³-hybridized carbons (Fsp3) is 0.261. The van der Waals surface area contributed by atoms with Gasteiger partial charge in [0.15, 0.2) is 0 Å². The van der Waals surface area contributed by atoms with Crippen molar-refractivity contribution in [2.75, 3.05) is 17.7 Å². The molecular weight excluding hydrogens is 364 g/mol. The summed E-state index contributed by atoms with van der Waals surface area (Å²) in [4.78, 5) is 20.7. The molecule has 0 fully saturated rings. The largest absolute Gasteiger partial charge is 0.465 e. The van der Waals surface area contributed by atoms with Gasteiger partial charge in [-0.15, -0.1) is 0 Å². The lowest BCUT2D eigenvalue weighted by molar-refractivity contribution is 0.0601. The predicted octanol–water partition coefficient (Wildman–Crippen LogP) is 5.36. The van der Waals surface area contributed by atoms with Crippen molar-refractivity contribution in [2.45, 2.75) is 33.1 Å². The number of anilines is 4. The standard InChI is InChI=1S/C23H26N4O2/c1-15-13-20(25-18-11-9-17(10-12-18)23(2,3)4)27-22(24-15)26-19-8-6-7-16(14-19)21(28)29-5/h6-14H,1-5H3,(H2,24,25,26,27). The Morgan fingerprint density at radius 1 is 0.931 bits per heavy atom. The molecular formula is C23H26N4O2. The van der Waals surface area contributed by atoms with E-state index in [-0.39, 0.29) is 11.4 Å². The highest BCUT2D eigenvalue weighted by Crippen LogP contribution is 2.25. The first-order valence-corrected chi connectivity index (χ1v) is 9.43. The van der Waals surface area contributed by atoms with Crippen molar-refractivity contribution in [1.82, 2.24) is 9.97 Å². The Labute approximate surface area is 171 Å². The predicted molar refractivity (Wildman–Crippen MR) is 116 cm³/mol. The lowest BCUT2D eigenvalue weighted by Gasteiger charge is -2.19. The van der Waals surface area contributed by atoms with E-state index in [1.165, 1.54) is 12.7 Å². The van der Waals surface area contributed by atoms with Crippen molar-refractivity contribution >= 4 is 29.1 Å². The van der Waals surface area contributed by atoms with Gasteiger partial charge in [-0.05, 0) is 48.2 Å². The van der Waals surface area contributed by atoms with Gasteiger partial charge in [0.1, 0.15) is 5.82 Å². The SMILES string of the molecule is COC(=O)c1cccc(Nc2nc(C)cc(Nc3ccc(C(C)(C)C)cc3)n2)c1. The van der Waals surface area contributed by atoms with E-state index in [2.05, 4.69) is 53.5 Å². The van der Waals surface area contributed by atoms with Crippen molar-refractivity contribution in [3.05, 3.63) is 71.4 Å². The number of nitrogens with one attached hydrogen (secondary N) is 2. The van der Waals surface area contributed by atoms with Gasteiger partial charge in [0, 0.05) is 23.1 Å². The molecule has 0 radical (unpaired) electrons. The highest BCUT2D eigenvalue weighted by atomic mass is 16.5. The molecule has 0 amide bonds. The molecule has 29 heavy (non-hydrogen) atoms. The van der Waals surface area contributed by atoms with Gasteiger partial charge in [-0.2, -0.15) is 4.98 Å². The summed E-state index contributed by atoms with van der Waals surface area (Å²) >= 11 is 0. The maximum atomic E-state index is 11.7. The summed E-state index contributed by atoms with van der Waals surface area (Å²) < 4.78 is 4.77. The monoisotopic (exact) mass is 390 g/mol. The van der Waals surface area contributed by atoms with E-state index in [1.54, 1.807) is 18.2 Å². The van der Waals surface area contributed by atoms with Gasteiger partial charge in [-0.3, -0.25) is 0 Å². The molecule has 0 aliphatic rings. The summed E-state index contributed by atoms with van der Waals surface area (Å²) in [6.45, 7) is 8.48. The zero-order valence-electron chi connectivity index (χ0n) is 17.4. The number of rotatable bonds is 5. The average molecular weight is 390 g/mol. The van der Waals surface area contributed by atoms with E-state index in [0.717, 1.165) is 11.4 Å². The molecule has 1 aromatic heterocycles. The number of nitrogens with zero attached hydrogens (tertiary/aromatic N) is 2. The number of carbonyl (C=O) groups is 1. The van der Waals surface area contributed by atoms with Gasteiger partial charge in [0.25, 0.3) is 0 Å². The molecule has 0 spiro atoms. The normalized spacial score (nSPS) is 11.1. The second kappa shape index (κ2) is 8.31. The molecule has 2 aromatic carbocycles. The Balaban J connectivity index is 1.79. The Hall–Kier alpha value is -3.41. The fourth-order valence-electron chi connectivity index (χ4n) is 2.86. The summed E-state index contributed by atoms with van der Waals surface area (Å²) in [6.07, 6.45) is 0. The second-order valence-corrected chi connectivity index (χ2v) is 7.87. The third-order valence-electron chi connectivity index (χ3n) is 4.42. The van der Waals surface area contributed by atoms with E-state index in [9.17, 15) is 4.79 Å². The molecule has 0 unspecified atom stereocenters. The first kappa shape index (κ1) is 20.3. The van der Waals surface area contributed by atoms with Gasteiger partial charge in [-0.25, -0.2) is 9.78 Å². The quantitative estimate of drug-likeness (QED) is 0.572. The van der Waals surface area contributed by atoms with Crippen LogP contribution in [0.15, 0.2) is 54.6 Å². The van der Waals surface area contributed by atoms with Gasteiger partial charge in [0.2, 0.25) is 5.95 Å². The minimum Gasteiger partial charge on any atom is -0.465 e. The number of esters is 1. The lowest BCUT2D eigenvalue weighted by atomic mass is 9.87. The highest BCUT2D eigenvalue weighted by Gasteiger charge is 2.13. The van der Waals surface area contributed by atoms with Crippen LogP contribution in [-0.4, -0.2) is 23.0 Å². The average Bonchev–Trinajstić information content (AvgIpc) is 2.67. The van der Waals surface area contributed by atoms with Crippen molar-refractivity contribution in [1.29, 1.82) is 0 Å². The Bertz CT molecular complexity index is 1010. The summed E-state index contributed by atoms with van der Waals surface area (Å²) in [5.74, 6) is 0.744. The molecule has 0 aliphatic heterocycles. The number of benzene rings is 2. The molecule has 0 aliphatic carbocycles. The first-order chi connectivity index (χ1) is 13.7. The highest BCUT2D eigenvalue weighted by molar-refractivity contribution is 5.90. The molecule has 2 N–H and O–H groups in total. The maximum absolute atomic E-state index is 11.7. The van der Waals surface area contributed by atoms with Gasteiger partial charge >= 0.3 is 5.97 Å². The van der Waals surface area contributed by atoms with Crippen molar-refractivity contribution in [3.8, 4) is 0 Å². The molecule has 0 saturated carbocycles. The van der Waals surface area contributed by atoms with Crippen molar-refractivity contribution < 1.29 is 9.53 Å². The van der Waals surface area contributed by atoms with Crippen LogP contribution in [0.4, 0.5) is 23.1 Å². The minimum absolute atomic E-state index is 0.111. The molecule has 3 aromatic rings. The van der Waals surface area contributed by atoms with E-state index in [4.69, 9.17) is 4.74 Å². The zero-order valence-corrected chi connectivity index (χ0v) is 17.4. The van der Waals surface area contributed by atoms with Gasteiger partial charge < -0.3 is 15.4 Å². The Kier molecular flexibility index (Phi) is 5.82. The summed E-state index contributed by atoms with van der Waals surface area (Å²) in [7, 11) is 1.36. The number of carbonyl (C=O) groups excluding carboxylic acids is 1. The van der Waals surface area contributed by atoms with E-state index < -0.39 is 0 Å².